The first-order chi connectivity index (χ1) is 8.80. The van der Waals surface area contributed by atoms with Gasteiger partial charge >= 0.3 is 7.12 Å². The summed E-state index contributed by atoms with van der Waals surface area (Å²) in [6.07, 6.45) is 6.71. The Morgan fingerprint density at radius 1 is 1.00 bits per heavy atom. The van der Waals surface area contributed by atoms with Gasteiger partial charge in [0.2, 0.25) is 0 Å². The van der Waals surface area contributed by atoms with E-state index in [1.165, 1.54) is 32.1 Å². The molecule has 1 aliphatic heterocycles. The van der Waals surface area contributed by atoms with E-state index in [9.17, 15) is 0 Å². The van der Waals surface area contributed by atoms with Crippen molar-refractivity contribution in [3.8, 4) is 0 Å². The third kappa shape index (κ3) is 2.16. The van der Waals surface area contributed by atoms with Crippen molar-refractivity contribution in [2.75, 3.05) is 7.11 Å². The SMILES string of the molecule is COC1CCC2(CC1)CC2B1OC(C)(C)C(C)(C)O1. The highest BCUT2D eigenvalue weighted by atomic mass is 16.7. The van der Waals surface area contributed by atoms with Crippen LogP contribution in [0.15, 0.2) is 0 Å². The average Bonchev–Trinajstić information content (AvgIpc) is 2.97. The first-order valence-corrected chi connectivity index (χ1v) is 7.68. The lowest BCUT2D eigenvalue weighted by Gasteiger charge is -2.32. The zero-order valence-electron chi connectivity index (χ0n) is 13.0. The molecule has 0 bridgehead atoms. The van der Waals surface area contributed by atoms with E-state index in [2.05, 4.69) is 27.7 Å². The van der Waals surface area contributed by atoms with Gasteiger partial charge in [0.25, 0.3) is 0 Å². The lowest BCUT2D eigenvalue weighted by molar-refractivity contribution is 0.00578. The van der Waals surface area contributed by atoms with Crippen LogP contribution < -0.4 is 0 Å². The molecule has 2 aliphatic carbocycles. The van der Waals surface area contributed by atoms with Crippen LogP contribution in [0.2, 0.25) is 5.82 Å². The first-order valence-electron chi connectivity index (χ1n) is 7.68. The van der Waals surface area contributed by atoms with Gasteiger partial charge in [-0.2, -0.15) is 0 Å². The van der Waals surface area contributed by atoms with Gasteiger partial charge in [0.15, 0.2) is 0 Å². The Morgan fingerprint density at radius 2 is 1.53 bits per heavy atom. The monoisotopic (exact) mass is 266 g/mol. The van der Waals surface area contributed by atoms with E-state index in [4.69, 9.17) is 14.0 Å². The van der Waals surface area contributed by atoms with Crippen molar-refractivity contribution >= 4 is 7.12 Å². The third-order valence-corrected chi connectivity index (χ3v) is 6.11. The van der Waals surface area contributed by atoms with Crippen molar-refractivity contribution in [3.05, 3.63) is 0 Å². The standard InChI is InChI=1S/C15H27BO3/c1-13(2)14(3,4)19-16(18-13)12-10-15(12)8-6-11(17-5)7-9-15/h11-12H,6-10H2,1-5H3. The zero-order chi connectivity index (χ0) is 13.9. The quantitative estimate of drug-likeness (QED) is 0.717. The molecule has 0 aromatic rings. The molecule has 1 saturated heterocycles. The summed E-state index contributed by atoms with van der Waals surface area (Å²) in [7, 11) is 1.84. The molecular formula is C15H27BO3. The highest BCUT2D eigenvalue weighted by Gasteiger charge is 2.66. The van der Waals surface area contributed by atoms with Crippen molar-refractivity contribution in [1.29, 1.82) is 0 Å². The minimum Gasteiger partial charge on any atom is -0.403 e. The van der Waals surface area contributed by atoms with Crippen LogP contribution in [-0.2, 0) is 14.0 Å². The number of hydrogen-bond donors (Lipinski definition) is 0. The first kappa shape index (κ1) is 13.9. The normalized spacial score (nSPS) is 43.7. The second-order valence-corrected chi connectivity index (χ2v) is 7.73. The fraction of sp³-hybridized carbons (Fsp3) is 1.00. The number of ether oxygens (including phenoxy) is 1. The Balaban J connectivity index is 1.62. The van der Waals surface area contributed by atoms with Crippen molar-refractivity contribution in [1.82, 2.24) is 0 Å². The topological polar surface area (TPSA) is 27.7 Å². The summed E-state index contributed by atoms with van der Waals surface area (Å²) in [5, 5.41) is 0. The Hall–Kier alpha value is -0.0551. The molecular weight excluding hydrogens is 239 g/mol. The predicted molar refractivity (Wildman–Crippen MR) is 76.1 cm³/mol. The van der Waals surface area contributed by atoms with Crippen LogP contribution in [0.5, 0.6) is 0 Å². The van der Waals surface area contributed by atoms with Gasteiger partial charge in [-0.3, -0.25) is 0 Å². The van der Waals surface area contributed by atoms with Crippen LogP contribution >= 0.6 is 0 Å². The van der Waals surface area contributed by atoms with E-state index in [-0.39, 0.29) is 18.3 Å². The van der Waals surface area contributed by atoms with Gasteiger partial charge in [0, 0.05) is 12.9 Å². The molecule has 3 fully saturated rings. The van der Waals surface area contributed by atoms with Crippen LogP contribution in [0.1, 0.15) is 59.8 Å². The van der Waals surface area contributed by atoms with E-state index in [0.717, 1.165) is 0 Å². The van der Waals surface area contributed by atoms with E-state index in [1.807, 2.05) is 7.11 Å². The average molecular weight is 266 g/mol. The summed E-state index contributed by atoms with van der Waals surface area (Å²) in [5.41, 5.74) is 0.118. The molecule has 19 heavy (non-hydrogen) atoms. The molecule has 0 radical (unpaired) electrons. The van der Waals surface area contributed by atoms with Crippen LogP contribution in [0.25, 0.3) is 0 Å². The predicted octanol–water partition coefficient (Wildman–Crippen LogP) is 3.43. The lowest BCUT2D eigenvalue weighted by Crippen LogP contribution is -2.41. The Kier molecular flexibility index (Phi) is 3.09. The number of hydrogen-bond acceptors (Lipinski definition) is 3. The van der Waals surface area contributed by atoms with Gasteiger partial charge in [-0.15, -0.1) is 0 Å². The largest absolute Gasteiger partial charge is 0.461 e. The van der Waals surface area contributed by atoms with Gasteiger partial charge < -0.3 is 14.0 Å². The minimum absolute atomic E-state index is 0.00379. The van der Waals surface area contributed by atoms with E-state index in [1.54, 1.807) is 0 Å². The molecule has 1 spiro atoms. The molecule has 0 amide bonds. The Bertz CT molecular complexity index is 342. The smallest absolute Gasteiger partial charge is 0.403 e. The lowest BCUT2D eigenvalue weighted by atomic mass is 9.71. The molecule has 1 unspecified atom stereocenters. The molecule has 0 N–H and O–H groups in total. The molecule has 2 saturated carbocycles. The summed E-state index contributed by atoms with van der Waals surface area (Å²) in [4.78, 5) is 0. The van der Waals surface area contributed by atoms with Gasteiger partial charge in [-0.05, 0) is 65.2 Å². The second kappa shape index (κ2) is 4.22. The maximum Gasteiger partial charge on any atom is 0.461 e. The van der Waals surface area contributed by atoms with Crippen molar-refractivity contribution in [2.24, 2.45) is 5.41 Å². The Labute approximate surface area is 117 Å². The fourth-order valence-electron chi connectivity index (χ4n) is 3.79. The number of methoxy groups -OCH3 is 1. The van der Waals surface area contributed by atoms with E-state index < -0.39 is 0 Å². The highest BCUT2D eigenvalue weighted by Crippen LogP contribution is 2.68. The summed E-state index contributed by atoms with van der Waals surface area (Å²) in [5.74, 6) is 0.603. The molecule has 3 aliphatic rings. The van der Waals surface area contributed by atoms with Gasteiger partial charge in [-0.25, -0.2) is 0 Å². The molecule has 1 atom stereocenters. The molecule has 4 heteroatoms. The fourth-order valence-corrected chi connectivity index (χ4v) is 3.79. The summed E-state index contributed by atoms with van der Waals surface area (Å²) in [6, 6.07) is 0. The molecule has 0 aromatic heterocycles. The summed E-state index contributed by atoms with van der Waals surface area (Å²) < 4.78 is 17.9. The van der Waals surface area contributed by atoms with Gasteiger partial charge in [0.05, 0.1) is 17.3 Å². The molecule has 0 aromatic carbocycles. The molecule has 1 heterocycles. The van der Waals surface area contributed by atoms with Crippen molar-refractivity contribution < 1.29 is 14.0 Å². The maximum absolute atomic E-state index is 6.22. The van der Waals surface area contributed by atoms with Crippen LogP contribution in [0.4, 0.5) is 0 Å². The summed E-state index contributed by atoms with van der Waals surface area (Å²) >= 11 is 0. The van der Waals surface area contributed by atoms with Gasteiger partial charge in [0.1, 0.15) is 0 Å². The summed E-state index contributed by atoms with van der Waals surface area (Å²) in [6.45, 7) is 8.57. The Morgan fingerprint density at radius 3 is 2.00 bits per heavy atom. The third-order valence-electron chi connectivity index (χ3n) is 6.11. The maximum atomic E-state index is 6.22. The van der Waals surface area contributed by atoms with Crippen molar-refractivity contribution in [2.45, 2.75) is 82.9 Å². The van der Waals surface area contributed by atoms with Crippen molar-refractivity contribution in [3.63, 3.8) is 0 Å². The highest BCUT2D eigenvalue weighted by molar-refractivity contribution is 6.49. The molecule has 3 rings (SSSR count). The van der Waals surface area contributed by atoms with Gasteiger partial charge in [-0.1, -0.05) is 0 Å². The minimum atomic E-state index is -0.189. The van der Waals surface area contributed by atoms with E-state index in [0.29, 0.717) is 17.3 Å². The zero-order valence-corrected chi connectivity index (χ0v) is 13.0. The number of rotatable bonds is 2. The molecule has 108 valence electrons. The van der Waals surface area contributed by atoms with E-state index >= 15 is 0 Å². The van der Waals surface area contributed by atoms with Crippen LogP contribution in [0.3, 0.4) is 0 Å². The van der Waals surface area contributed by atoms with Crippen LogP contribution in [0, 0.1) is 5.41 Å². The molecule has 3 nitrogen and oxygen atoms in total. The second-order valence-electron chi connectivity index (χ2n) is 7.73. The van der Waals surface area contributed by atoms with Crippen LogP contribution in [-0.4, -0.2) is 31.5 Å².